The normalized spacial score (nSPS) is 21.7. The Morgan fingerprint density at radius 3 is 1.33 bits per heavy atom. The highest BCUT2D eigenvalue weighted by molar-refractivity contribution is 5.87. The van der Waals surface area contributed by atoms with Crippen molar-refractivity contribution >= 4 is 24.0 Å². The second kappa shape index (κ2) is 18.8. The van der Waals surface area contributed by atoms with Gasteiger partial charge in [-0.05, 0) is 72.9 Å². The summed E-state index contributed by atoms with van der Waals surface area (Å²) in [6.07, 6.45) is 0.696. The monoisotopic (exact) mass is 918 g/mol. The lowest BCUT2D eigenvalue weighted by molar-refractivity contribution is -0.142. The zero-order valence-corrected chi connectivity index (χ0v) is 36.3. The number of H-pyrrole nitrogens is 2. The molecule has 6 heterocycles. The molecule has 4 N–H and O–H groups in total. The number of aromatic amines is 2. The van der Waals surface area contributed by atoms with Gasteiger partial charge in [0, 0.05) is 64.5 Å². The first kappa shape index (κ1) is 46.1. The van der Waals surface area contributed by atoms with E-state index in [2.05, 4.69) is 31.8 Å². The third-order valence-electron chi connectivity index (χ3n) is 13.0. The van der Waals surface area contributed by atoms with Crippen LogP contribution in [-0.4, -0.2) is 151 Å². The zero-order chi connectivity index (χ0) is 46.9. The van der Waals surface area contributed by atoms with Gasteiger partial charge in [-0.1, -0.05) is 36.1 Å². The molecule has 0 spiro atoms. The van der Waals surface area contributed by atoms with Gasteiger partial charge in [-0.2, -0.15) is 0 Å². The molecule has 4 aromatic rings. The predicted molar refractivity (Wildman–Crippen MR) is 228 cm³/mol. The van der Waals surface area contributed by atoms with Gasteiger partial charge in [0.15, 0.2) is 0 Å². The molecule has 4 atom stereocenters. The molecule has 0 saturated carbocycles. The molecule has 0 aliphatic carbocycles. The summed E-state index contributed by atoms with van der Waals surface area (Å²) < 4.78 is 70.7. The van der Waals surface area contributed by atoms with Crippen LogP contribution in [0.1, 0.15) is 73.4 Å². The number of likely N-dealkylation sites (N-methyl/N-ethyl adjacent to an activating group) is 2. The van der Waals surface area contributed by atoms with E-state index in [1.807, 2.05) is 0 Å². The molecule has 0 radical (unpaired) electrons. The number of alkyl halides is 4. The Kier molecular flexibility index (Phi) is 13.1. The quantitative estimate of drug-likeness (QED) is 0.101. The van der Waals surface area contributed by atoms with E-state index < -0.39 is 85.9 Å². The van der Waals surface area contributed by atoms with Gasteiger partial charge in [-0.15, -0.1) is 0 Å². The number of carbonyl (C=O) groups excluding carboxylic acids is 2. The lowest BCUT2D eigenvalue weighted by atomic mass is 9.89. The van der Waals surface area contributed by atoms with E-state index in [1.54, 1.807) is 48.5 Å². The van der Waals surface area contributed by atoms with Crippen molar-refractivity contribution in [3.8, 4) is 34.4 Å². The number of carbonyl (C=O) groups is 4. The van der Waals surface area contributed by atoms with Crippen LogP contribution in [0.15, 0.2) is 60.9 Å². The highest BCUT2D eigenvalue weighted by Gasteiger charge is 2.53. The molecule has 20 heteroatoms. The van der Waals surface area contributed by atoms with E-state index in [4.69, 9.17) is 9.47 Å². The van der Waals surface area contributed by atoms with Gasteiger partial charge in [0.05, 0.1) is 49.0 Å². The van der Waals surface area contributed by atoms with Gasteiger partial charge in [0.25, 0.3) is 11.8 Å². The Balaban J connectivity index is 0.928. The Bertz CT molecular complexity index is 2310. The smallest absolute Gasteiger partial charge is 0.407 e. The summed E-state index contributed by atoms with van der Waals surface area (Å²) in [5.41, 5.74) is 3.79. The second-order valence-corrected chi connectivity index (χ2v) is 17.4. The number of carboxylic acid groups (broad SMARTS) is 2. The van der Waals surface area contributed by atoms with Crippen LogP contribution in [0, 0.1) is 23.7 Å². The molecular weight excluding hydrogens is 869 g/mol. The van der Waals surface area contributed by atoms with Crippen LogP contribution in [0.4, 0.5) is 27.2 Å². The Labute approximate surface area is 377 Å². The fourth-order valence-corrected chi connectivity index (χ4v) is 9.51. The van der Waals surface area contributed by atoms with Gasteiger partial charge in [-0.25, -0.2) is 37.1 Å². The molecule has 8 rings (SSSR count). The number of aromatic nitrogens is 4. The number of hydrogen-bond acceptors (Lipinski definition) is 8. The summed E-state index contributed by atoms with van der Waals surface area (Å²) in [6.45, 7) is -0.349. The van der Waals surface area contributed by atoms with Crippen LogP contribution in [0.5, 0.6) is 0 Å². The van der Waals surface area contributed by atoms with Crippen LogP contribution in [-0.2, 0) is 19.1 Å². The van der Waals surface area contributed by atoms with E-state index in [0.29, 0.717) is 85.8 Å². The number of amides is 4. The molecule has 4 amide bonds. The lowest BCUT2D eigenvalue weighted by Gasteiger charge is -2.37. The number of nitrogens with one attached hydrogen (secondary N) is 2. The number of benzene rings is 2. The summed E-state index contributed by atoms with van der Waals surface area (Å²) in [6, 6.07) is 9.80. The van der Waals surface area contributed by atoms with E-state index in [-0.39, 0.29) is 23.5 Å². The Morgan fingerprint density at radius 1 is 0.652 bits per heavy atom. The predicted octanol–water partition coefficient (Wildman–Crippen LogP) is 6.49. The molecular formula is C46H50F4N8O8. The summed E-state index contributed by atoms with van der Waals surface area (Å²) in [5, 5.41) is 19.5. The molecule has 2 aromatic carbocycles. The fraction of sp³-hybridized carbons (Fsp3) is 0.478. The van der Waals surface area contributed by atoms with Crippen LogP contribution < -0.4 is 0 Å². The van der Waals surface area contributed by atoms with Gasteiger partial charge in [0.1, 0.15) is 23.7 Å². The maximum Gasteiger partial charge on any atom is 0.407 e. The summed E-state index contributed by atoms with van der Waals surface area (Å²) >= 11 is 0. The minimum Gasteiger partial charge on any atom is -0.465 e. The van der Waals surface area contributed by atoms with Gasteiger partial charge < -0.3 is 39.5 Å². The minimum absolute atomic E-state index is 0.162. The molecule has 350 valence electrons. The number of imidazole rings is 2. The highest BCUT2D eigenvalue weighted by Crippen LogP contribution is 2.44. The zero-order valence-electron chi connectivity index (χ0n) is 36.3. The number of ether oxygens (including phenoxy) is 2. The average Bonchev–Trinajstić information content (AvgIpc) is 4.12. The first-order valence-electron chi connectivity index (χ1n) is 21.7. The topological polar surface area (TPSA) is 198 Å². The van der Waals surface area contributed by atoms with Crippen LogP contribution in [0.25, 0.3) is 22.5 Å². The molecule has 4 fully saturated rings. The molecule has 0 bridgehead atoms. The number of halogens is 4. The van der Waals surface area contributed by atoms with E-state index in [9.17, 15) is 47.0 Å². The van der Waals surface area contributed by atoms with E-state index in [1.165, 1.54) is 26.5 Å². The highest BCUT2D eigenvalue weighted by atomic mass is 19.3. The van der Waals surface area contributed by atoms with Gasteiger partial charge >= 0.3 is 12.2 Å². The van der Waals surface area contributed by atoms with E-state index in [0.717, 1.165) is 19.6 Å². The van der Waals surface area contributed by atoms with Crippen molar-refractivity contribution in [2.24, 2.45) is 11.8 Å². The molecule has 66 heavy (non-hydrogen) atoms. The first-order valence-corrected chi connectivity index (χ1v) is 21.7. The Hall–Kier alpha value is -6.46. The minimum atomic E-state index is -3.21. The number of hydrogen-bond donors (Lipinski definition) is 4. The molecule has 4 aliphatic rings. The average molecular weight is 919 g/mol. The van der Waals surface area contributed by atoms with Crippen molar-refractivity contribution in [2.45, 2.75) is 74.5 Å². The summed E-state index contributed by atoms with van der Waals surface area (Å²) in [4.78, 5) is 70.7. The SMILES string of the molecule is CN(C(=O)O)[C@H](C(=O)N1CC(F)(F)C[C@H]1c1ncc(-c2ccc(C#Cc3ccc(-c4cnc([C@@H]5CC(F)(F)CN5C(=O)[C@H](C5CCOCC5)N(C)C(=O)O)[nH]4)cc3)cc2)[nH]1)C1CCOCC1. The third kappa shape index (κ3) is 9.87. The van der Waals surface area contributed by atoms with Crippen LogP contribution in [0.3, 0.4) is 0 Å². The second-order valence-electron chi connectivity index (χ2n) is 17.4. The maximum absolute atomic E-state index is 15.0. The fourth-order valence-electron chi connectivity index (χ4n) is 9.51. The van der Waals surface area contributed by atoms with Crippen molar-refractivity contribution in [3.05, 3.63) is 83.7 Å². The van der Waals surface area contributed by atoms with Crippen LogP contribution >= 0.6 is 0 Å². The molecule has 16 nitrogen and oxygen atoms in total. The molecule has 2 aromatic heterocycles. The summed E-state index contributed by atoms with van der Waals surface area (Å²) in [5.74, 6) is -2.03. The third-order valence-corrected chi connectivity index (χ3v) is 13.0. The maximum atomic E-state index is 15.0. The Morgan fingerprint density at radius 2 is 1.00 bits per heavy atom. The van der Waals surface area contributed by atoms with Crippen molar-refractivity contribution in [1.29, 1.82) is 0 Å². The largest absolute Gasteiger partial charge is 0.465 e. The standard InChI is InChI=1S/C46H50F4N8O8/c1-55(43(61)62)37(31-13-17-65-18-14-31)41(59)57-25-45(47,48)21-35(57)39-51-23-33(53-39)29-9-5-27(6-10-29)3-4-28-7-11-30(12-8-28)34-24-52-40(54-34)36-22-46(49,50)26-58(36)42(60)38(56(2)44(63)64)32-15-19-66-20-16-32/h5-12,23-24,31-32,35-38H,13-22,25-26H2,1-2H3,(H,51,53)(H,52,54)(H,61,62)(H,63,64)/t35-,36-,37-,38-/m0/s1. The van der Waals surface area contributed by atoms with Gasteiger partial charge in [-0.3, -0.25) is 19.4 Å². The lowest BCUT2D eigenvalue weighted by Crippen LogP contribution is -2.54. The van der Waals surface area contributed by atoms with E-state index >= 15 is 0 Å². The summed E-state index contributed by atoms with van der Waals surface area (Å²) in [7, 11) is 2.56. The van der Waals surface area contributed by atoms with Crippen LogP contribution in [0.2, 0.25) is 0 Å². The van der Waals surface area contributed by atoms with Gasteiger partial charge in [0.2, 0.25) is 11.8 Å². The molecule has 0 unspecified atom stereocenters. The van der Waals surface area contributed by atoms with Crippen molar-refractivity contribution in [3.63, 3.8) is 0 Å². The van der Waals surface area contributed by atoms with Crippen molar-refractivity contribution in [1.82, 2.24) is 39.5 Å². The van der Waals surface area contributed by atoms with Crippen molar-refractivity contribution < 1.29 is 56.4 Å². The van der Waals surface area contributed by atoms with Crippen molar-refractivity contribution in [2.75, 3.05) is 53.6 Å². The molecule has 4 aliphatic heterocycles. The number of rotatable bonds is 10. The molecule has 4 saturated heterocycles. The first-order chi connectivity index (χ1) is 31.5. The number of likely N-dealkylation sites (tertiary alicyclic amines) is 2. The number of nitrogens with zero attached hydrogens (tertiary/aromatic N) is 6.